The Kier molecular flexibility index (Phi) is 5.57. The maximum absolute atomic E-state index is 12.8. The van der Waals surface area contributed by atoms with E-state index in [1.165, 1.54) is 16.8 Å². The van der Waals surface area contributed by atoms with Gasteiger partial charge in [-0.1, -0.05) is 45.7 Å². The van der Waals surface area contributed by atoms with Crippen molar-refractivity contribution in [2.45, 2.75) is 12.7 Å². The summed E-state index contributed by atoms with van der Waals surface area (Å²) in [5.41, 5.74) is 0.134. The molecule has 9 heteroatoms. The number of alkyl halides is 3. The molecule has 0 bridgehead atoms. The average Bonchev–Trinajstić information content (AvgIpc) is 3.09. The van der Waals surface area contributed by atoms with Crippen molar-refractivity contribution in [3.8, 4) is 5.82 Å². The van der Waals surface area contributed by atoms with Gasteiger partial charge in [0.1, 0.15) is 5.69 Å². The molecule has 3 rings (SSSR count). The van der Waals surface area contributed by atoms with Crippen LogP contribution in [0.15, 0.2) is 59.3 Å². The molecule has 2 aromatic heterocycles. The maximum atomic E-state index is 12.8. The minimum absolute atomic E-state index is 0.0423. The third kappa shape index (κ3) is 4.33. The Morgan fingerprint density at radius 3 is 2.63 bits per heavy atom. The topological polar surface area (TPSA) is 46.9 Å². The van der Waals surface area contributed by atoms with Crippen LogP contribution in [0.25, 0.3) is 5.82 Å². The van der Waals surface area contributed by atoms with Gasteiger partial charge in [0.2, 0.25) is 0 Å². The summed E-state index contributed by atoms with van der Waals surface area (Å²) in [5, 5.41) is 2.56. The molecule has 2 heterocycles. The fraction of sp³-hybridized carbons (Fsp3) is 0.111. The molecule has 1 aromatic carbocycles. The Hall–Kier alpha value is -2.32. The second kappa shape index (κ2) is 7.74. The van der Waals surface area contributed by atoms with Crippen molar-refractivity contribution in [3.63, 3.8) is 0 Å². The summed E-state index contributed by atoms with van der Waals surface area (Å²) in [6.45, 7) is 0.277. The van der Waals surface area contributed by atoms with Gasteiger partial charge in [-0.25, -0.2) is 4.98 Å². The highest BCUT2D eigenvalue weighted by atomic mass is 79.9. The molecule has 4 nitrogen and oxygen atoms in total. The second-order valence-corrected chi connectivity index (χ2v) is 6.83. The monoisotopic (exact) mass is 457 g/mol. The number of benzene rings is 1. The number of hydrogen-bond donors (Lipinski definition) is 1. The molecule has 140 valence electrons. The molecule has 0 radical (unpaired) electrons. The number of nitrogens with one attached hydrogen (secondary N) is 1. The normalized spacial score (nSPS) is 11.4. The van der Waals surface area contributed by atoms with E-state index < -0.39 is 17.6 Å². The highest BCUT2D eigenvalue weighted by Crippen LogP contribution is 2.32. The summed E-state index contributed by atoms with van der Waals surface area (Å²) in [6.07, 6.45) is -2.35. The van der Waals surface area contributed by atoms with E-state index in [9.17, 15) is 18.0 Å². The molecule has 1 N–H and O–H groups in total. The first-order chi connectivity index (χ1) is 12.8. The van der Waals surface area contributed by atoms with Crippen LogP contribution in [0.1, 0.15) is 21.6 Å². The van der Waals surface area contributed by atoms with Crippen molar-refractivity contribution in [1.82, 2.24) is 14.9 Å². The maximum Gasteiger partial charge on any atom is 0.417 e. The Morgan fingerprint density at radius 2 is 1.96 bits per heavy atom. The van der Waals surface area contributed by atoms with E-state index in [0.29, 0.717) is 6.20 Å². The van der Waals surface area contributed by atoms with E-state index in [2.05, 4.69) is 26.2 Å². The van der Waals surface area contributed by atoms with Crippen molar-refractivity contribution in [2.75, 3.05) is 0 Å². The van der Waals surface area contributed by atoms with Gasteiger partial charge >= 0.3 is 6.18 Å². The minimum atomic E-state index is -4.55. The van der Waals surface area contributed by atoms with Crippen LogP contribution in [0.4, 0.5) is 13.2 Å². The van der Waals surface area contributed by atoms with Gasteiger partial charge < -0.3 is 5.32 Å². The molecule has 0 aliphatic rings. The summed E-state index contributed by atoms with van der Waals surface area (Å²) >= 11 is 9.38. The highest BCUT2D eigenvalue weighted by molar-refractivity contribution is 9.10. The Morgan fingerprint density at radius 1 is 1.22 bits per heavy atom. The molecule has 0 unspecified atom stereocenters. The fourth-order valence-electron chi connectivity index (χ4n) is 2.42. The molecule has 27 heavy (non-hydrogen) atoms. The highest BCUT2D eigenvalue weighted by Gasteiger charge is 2.32. The van der Waals surface area contributed by atoms with Crippen LogP contribution in [-0.4, -0.2) is 15.5 Å². The van der Waals surface area contributed by atoms with Crippen LogP contribution in [0.5, 0.6) is 0 Å². The number of nitrogens with zero attached hydrogens (tertiary/aromatic N) is 2. The second-order valence-electron chi connectivity index (χ2n) is 5.56. The zero-order chi connectivity index (χ0) is 19.6. The number of rotatable bonds is 4. The summed E-state index contributed by atoms with van der Waals surface area (Å²) in [4.78, 5) is 16.3. The lowest BCUT2D eigenvalue weighted by molar-refractivity contribution is -0.137. The van der Waals surface area contributed by atoms with Crippen LogP contribution in [0.2, 0.25) is 5.02 Å². The summed E-state index contributed by atoms with van der Waals surface area (Å²) in [6, 6.07) is 11.3. The zero-order valence-electron chi connectivity index (χ0n) is 13.6. The number of pyridine rings is 1. The van der Waals surface area contributed by atoms with E-state index in [0.717, 1.165) is 16.1 Å². The quantitative estimate of drug-likeness (QED) is 0.581. The largest absolute Gasteiger partial charge is 0.417 e. The molecule has 0 saturated carbocycles. The lowest BCUT2D eigenvalue weighted by Crippen LogP contribution is -2.25. The first kappa shape index (κ1) is 19.4. The van der Waals surface area contributed by atoms with E-state index in [1.54, 1.807) is 6.07 Å². The van der Waals surface area contributed by atoms with Gasteiger partial charge in [-0.2, -0.15) is 13.2 Å². The molecule has 0 spiro atoms. The first-order valence-corrected chi connectivity index (χ1v) is 8.86. The minimum Gasteiger partial charge on any atom is -0.347 e. The summed E-state index contributed by atoms with van der Waals surface area (Å²) in [5.74, 6) is -0.366. The van der Waals surface area contributed by atoms with E-state index in [4.69, 9.17) is 11.6 Å². The Labute approximate surface area is 166 Å². The first-order valence-electron chi connectivity index (χ1n) is 7.69. The van der Waals surface area contributed by atoms with E-state index in [1.807, 2.05) is 24.3 Å². The molecule has 0 fully saturated rings. The van der Waals surface area contributed by atoms with Crippen LogP contribution >= 0.6 is 27.5 Å². The van der Waals surface area contributed by atoms with Gasteiger partial charge in [0, 0.05) is 23.4 Å². The van der Waals surface area contributed by atoms with E-state index in [-0.39, 0.29) is 23.1 Å². The molecule has 0 saturated heterocycles. The van der Waals surface area contributed by atoms with Crippen LogP contribution in [0.3, 0.4) is 0 Å². The third-order valence-corrected chi connectivity index (χ3v) is 4.81. The van der Waals surface area contributed by atoms with Crippen molar-refractivity contribution < 1.29 is 18.0 Å². The smallest absolute Gasteiger partial charge is 0.347 e. The Balaban J connectivity index is 1.84. The summed E-state index contributed by atoms with van der Waals surface area (Å²) < 4.78 is 40.5. The van der Waals surface area contributed by atoms with Gasteiger partial charge in [-0.15, -0.1) is 0 Å². The predicted octanol–water partition coefficient (Wildman–Crippen LogP) is 5.24. The molecular weight excluding hydrogens is 447 g/mol. The Bertz CT molecular complexity index is 988. The molecule has 1 amide bonds. The molecule has 0 atom stereocenters. The van der Waals surface area contributed by atoms with Gasteiger partial charge in [-0.05, 0) is 29.8 Å². The van der Waals surface area contributed by atoms with Crippen LogP contribution in [0, 0.1) is 0 Å². The van der Waals surface area contributed by atoms with Crippen molar-refractivity contribution in [3.05, 3.63) is 81.2 Å². The van der Waals surface area contributed by atoms with Gasteiger partial charge in [-0.3, -0.25) is 9.36 Å². The van der Waals surface area contributed by atoms with Gasteiger partial charge in [0.15, 0.2) is 5.82 Å². The fourth-order valence-corrected chi connectivity index (χ4v) is 3.10. The number of hydrogen-bond acceptors (Lipinski definition) is 2. The molecule has 0 aliphatic heterocycles. The zero-order valence-corrected chi connectivity index (χ0v) is 15.9. The van der Waals surface area contributed by atoms with E-state index >= 15 is 0 Å². The standard InChI is InChI=1S/C18H12BrClF3N3O/c19-13-5-2-1-4-11(13)9-25-17(27)15-6-3-7-26(15)16-14(20)8-12(10-24-16)18(21,22)23/h1-8,10H,9H2,(H,25,27). The lowest BCUT2D eigenvalue weighted by Gasteiger charge is -2.13. The molecule has 0 aliphatic carbocycles. The van der Waals surface area contributed by atoms with Crippen molar-refractivity contribution in [1.29, 1.82) is 0 Å². The molecule has 3 aromatic rings. The third-order valence-electron chi connectivity index (χ3n) is 3.76. The van der Waals surface area contributed by atoms with Gasteiger partial charge in [0.25, 0.3) is 5.91 Å². The number of aromatic nitrogens is 2. The number of amides is 1. The average molecular weight is 459 g/mol. The van der Waals surface area contributed by atoms with Crippen LogP contribution in [-0.2, 0) is 12.7 Å². The number of carbonyl (C=O) groups excluding carboxylic acids is 1. The van der Waals surface area contributed by atoms with Crippen LogP contribution < -0.4 is 5.32 Å². The summed E-state index contributed by atoms with van der Waals surface area (Å²) in [7, 11) is 0. The lowest BCUT2D eigenvalue weighted by atomic mass is 10.2. The van der Waals surface area contributed by atoms with Crippen molar-refractivity contribution >= 4 is 33.4 Å². The number of carbonyl (C=O) groups is 1. The van der Waals surface area contributed by atoms with Gasteiger partial charge in [0.05, 0.1) is 10.6 Å². The molecular formula is C18H12BrClF3N3O. The van der Waals surface area contributed by atoms with Crippen molar-refractivity contribution in [2.24, 2.45) is 0 Å². The SMILES string of the molecule is O=C(NCc1ccccc1Br)c1cccn1-c1ncc(C(F)(F)F)cc1Cl. The predicted molar refractivity (Wildman–Crippen MR) is 98.9 cm³/mol. The number of halogens is 5.